The molecule has 0 aliphatic carbocycles. The summed E-state index contributed by atoms with van der Waals surface area (Å²) in [7, 11) is 0. The lowest BCUT2D eigenvalue weighted by molar-refractivity contribution is -0.120. The largest absolute Gasteiger partial charge is 0.301 e. The molecule has 0 radical (unpaired) electrons. The Morgan fingerprint density at radius 3 is 2.91 bits per heavy atom. The van der Waals surface area contributed by atoms with Gasteiger partial charge in [0.2, 0.25) is 5.91 Å². The van der Waals surface area contributed by atoms with Crippen molar-refractivity contribution in [3.05, 3.63) is 40.7 Å². The van der Waals surface area contributed by atoms with E-state index >= 15 is 0 Å². The Labute approximate surface area is 140 Å². The average molecular weight is 330 g/mol. The van der Waals surface area contributed by atoms with Gasteiger partial charge in [0.15, 0.2) is 5.13 Å². The van der Waals surface area contributed by atoms with E-state index in [1.54, 1.807) is 23.7 Å². The minimum atomic E-state index is -0.0718. The summed E-state index contributed by atoms with van der Waals surface area (Å²) >= 11 is 1.56. The SMILES string of the molecule is CCc1nc(NC(=O)[C@@H]2CCCN2Cc2ccncc2)sc1C. The van der Waals surface area contributed by atoms with Gasteiger partial charge in [-0.1, -0.05) is 6.92 Å². The van der Waals surface area contributed by atoms with Crippen molar-refractivity contribution in [3.63, 3.8) is 0 Å². The maximum absolute atomic E-state index is 12.6. The molecule has 1 aliphatic rings. The molecule has 5 nitrogen and oxygen atoms in total. The lowest BCUT2D eigenvalue weighted by Crippen LogP contribution is -2.39. The molecule has 1 saturated heterocycles. The van der Waals surface area contributed by atoms with Crippen molar-refractivity contribution in [2.24, 2.45) is 0 Å². The first kappa shape index (κ1) is 16.1. The maximum Gasteiger partial charge on any atom is 0.243 e. The van der Waals surface area contributed by atoms with Crippen LogP contribution in [0.4, 0.5) is 5.13 Å². The number of rotatable bonds is 5. The Bertz CT molecular complexity index is 670. The fraction of sp³-hybridized carbons (Fsp3) is 0.471. The van der Waals surface area contributed by atoms with Crippen molar-refractivity contribution < 1.29 is 4.79 Å². The minimum Gasteiger partial charge on any atom is -0.301 e. The number of aryl methyl sites for hydroxylation is 2. The van der Waals surface area contributed by atoms with Crippen LogP contribution in [0.2, 0.25) is 0 Å². The van der Waals surface area contributed by atoms with Crippen LogP contribution in [0.25, 0.3) is 0 Å². The quantitative estimate of drug-likeness (QED) is 0.915. The van der Waals surface area contributed by atoms with E-state index in [2.05, 4.69) is 34.0 Å². The molecule has 23 heavy (non-hydrogen) atoms. The predicted molar refractivity (Wildman–Crippen MR) is 92.5 cm³/mol. The van der Waals surface area contributed by atoms with E-state index < -0.39 is 0 Å². The van der Waals surface area contributed by atoms with Gasteiger partial charge in [-0.2, -0.15) is 0 Å². The Kier molecular flexibility index (Phi) is 5.03. The van der Waals surface area contributed by atoms with Crippen LogP contribution in [0.1, 0.15) is 35.9 Å². The summed E-state index contributed by atoms with van der Waals surface area (Å²) in [5.74, 6) is 0.0629. The zero-order valence-corrected chi connectivity index (χ0v) is 14.4. The molecule has 3 rings (SSSR count). The number of hydrogen-bond donors (Lipinski definition) is 1. The van der Waals surface area contributed by atoms with Crippen LogP contribution >= 0.6 is 11.3 Å². The number of nitrogens with one attached hydrogen (secondary N) is 1. The number of nitrogens with zero attached hydrogens (tertiary/aromatic N) is 3. The summed E-state index contributed by atoms with van der Waals surface area (Å²) < 4.78 is 0. The zero-order chi connectivity index (χ0) is 16.2. The lowest BCUT2D eigenvalue weighted by atomic mass is 10.2. The zero-order valence-electron chi connectivity index (χ0n) is 13.6. The summed E-state index contributed by atoms with van der Waals surface area (Å²) in [6, 6.07) is 3.94. The molecule has 1 fully saturated rings. The standard InChI is InChI=1S/C17H22N4OS/c1-3-14-12(2)23-17(19-14)20-16(22)15-5-4-10-21(15)11-13-6-8-18-9-7-13/h6-9,15H,3-5,10-11H2,1-2H3,(H,19,20,22)/t15-/m0/s1. The van der Waals surface area contributed by atoms with Gasteiger partial charge in [-0.3, -0.25) is 14.7 Å². The van der Waals surface area contributed by atoms with E-state index in [-0.39, 0.29) is 11.9 Å². The number of pyridine rings is 1. The first-order valence-corrected chi connectivity index (χ1v) is 8.89. The fourth-order valence-corrected chi connectivity index (χ4v) is 3.94. The van der Waals surface area contributed by atoms with Crippen molar-refractivity contribution in [1.29, 1.82) is 0 Å². The van der Waals surface area contributed by atoms with Gasteiger partial charge in [0.05, 0.1) is 11.7 Å². The second-order valence-corrected chi connectivity index (χ2v) is 7.05. The maximum atomic E-state index is 12.6. The number of aromatic nitrogens is 2. The molecule has 0 aromatic carbocycles. The highest BCUT2D eigenvalue weighted by Crippen LogP contribution is 2.25. The summed E-state index contributed by atoms with van der Waals surface area (Å²) in [6.45, 7) is 5.88. The molecular formula is C17H22N4OS. The molecule has 1 atom stereocenters. The van der Waals surface area contributed by atoms with Gasteiger partial charge in [-0.25, -0.2) is 4.98 Å². The van der Waals surface area contributed by atoms with Crippen LogP contribution in [0, 0.1) is 6.92 Å². The van der Waals surface area contributed by atoms with E-state index in [0.29, 0.717) is 0 Å². The molecule has 2 aromatic rings. The summed E-state index contributed by atoms with van der Waals surface area (Å²) in [5, 5.41) is 3.73. The third-order valence-corrected chi connectivity index (χ3v) is 5.19. The minimum absolute atomic E-state index is 0.0629. The van der Waals surface area contributed by atoms with Crippen LogP contribution < -0.4 is 5.32 Å². The van der Waals surface area contributed by atoms with Crippen LogP contribution in [0.5, 0.6) is 0 Å². The van der Waals surface area contributed by atoms with Crippen molar-refractivity contribution in [2.75, 3.05) is 11.9 Å². The Hall–Kier alpha value is -1.79. The van der Waals surface area contributed by atoms with Gasteiger partial charge < -0.3 is 5.32 Å². The number of thiazole rings is 1. The van der Waals surface area contributed by atoms with E-state index in [0.717, 1.165) is 43.2 Å². The van der Waals surface area contributed by atoms with Gasteiger partial charge in [0.25, 0.3) is 0 Å². The topological polar surface area (TPSA) is 58.1 Å². The molecule has 1 N–H and O–H groups in total. The number of carbonyl (C=O) groups is 1. The number of carbonyl (C=O) groups excluding carboxylic acids is 1. The van der Waals surface area contributed by atoms with E-state index in [9.17, 15) is 4.79 Å². The Morgan fingerprint density at radius 1 is 1.43 bits per heavy atom. The molecule has 1 aliphatic heterocycles. The monoisotopic (exact) mass is 330 g/mol. The summed E-state index contributed by atoms with van der Waals surface area (Å²) in [6.07, 6.45) is 6.45. The van der Waals surface area contributed by atoms with Crippen molar-refractivity contribution >= 4 is 22.4 Å². The smallest absolute Gasteiger partial charge is 0.243 e. The van der Waals surface area contributed by atoms with Crippen LogP contribution in [0.15, 0.2) is 24.5 Å². The molecule has 2 aromatic heterocycles. The highest BCUT2D eigenvalue weighted by Gasteiger charge is 2.31. The summed E-state index contributed by atoms with van der Waals surface area (Å²) in [4.78, 5) is 24.6. The van der Waals surface area contributed by atoms with Gasteiger partial charge in [0, 0.05) is 23.8 Å². The predicted octanol–water partition coefficient (Wildman–Crippen LogP) is 3.01. The molecule has 122 valence electrons. The van der Waals surface area contributed by atoms with Gasteiger partial charge >= 0.3 is 0 Å². The van der Waals surface area contributed by atoms with Crippen molar-refractivity contribution in [2.45, 2.75) is 45.7 Å². The molecule has 3 heterocycles. The molecule has 0 unspecified atom stereocenters. The van der Waals surface area contributed by atoms with Crippen LogP contribution in [0.3, 0.4) is 0 Å². The molecule has 1 amide bonds. The molecule has 0 spiro atoms. The molecule has 6 heteroatoms. The van der Waals surface area contributed by atoms with E-state index in [1.165, 1.54) is 10.4 Å². The number of hydrogen-bond acceptors (Lipinski definition) is 5. The third kappa shape index (κ3) is 3.76. The number of anilines is 1. The van der Waals surface area contributed by atoms with E-state index in [1.807, 2.05) is 12.1 Å². The second-order valence-electron chi connectivity index (χ2n) is 5.85. The Morgan fingerprint density at radius 2 is 2.22 bits per heavy atom. The van der Waals surface area contributed by atoms with Crippen molar-refractivity contribution in [3.8, 4) is 0 Å². The average Bonchev–Trinajstić information content (AvgIpc) is 3.14. The lowest BCUT2D eigenvalue weighted by Gasteiger charge is -2.23. The molecule has 0 bridgehead atoms. The van der Waals surface area contributed by atoms with Crippen molar-refractivity contribution in [1.82, 2.24) is 14.9 Å². The van der Waals surface area contributed by atoms with Gasteiger partial charge in [0.1, 0.15) is 0 Å². The van der Waals surface area contributed by atoms with Crippen LogP contribution in [-0.2, 0) is 17.8 Å². The number of likely N-dealkylation sites (tertiary alicyclic amines) is 1. The van der Waals surface area contributed by atoms with Gasteiger partial charge in [-0.05, 0) is 50.4 Å². The second kappa shape index (κ2) is 7.19. The first-order chi connectivity index (χ1) is 11.2. The highest BCUT2D eigenvalue weighted by molar-refractivity contribution is 7.15. The molecular weight excluding hydrogens is 308 g/mol. The van der Waals surface area contributed by atoms with Crippen LogP contribution in [-0.4, -0.2) is 33.4 Å². The number of amides is 1. The third-order valence-electron chi connectivity index (χ3n) is 4.26. The molecule has 0 saturated carbocycles. The normalized spacial score (nSPS) is 18.3. The summed E-state index contributed by atoms with van der Waals surface area (Å²) in [5.41, 5.74) is 2.27. The Balaban J connectivity index is 1.65. The fourth-order valence-electron chi connectivity index (χ4n) is 3.03. The highest BCUT2D eigenvalue weighted by atomic mass is 32.1. The first-order valence-electron chi connectivity index (χ1n) is 8.07. The van der Waals surface area contributed by atoms with Gasteiger partial charge in [-0.15, -0.1) is 11.3 Å². The van der Waals surface area contributed by atoms with E-state index in [4.69, 9.17) is 0 Å².